The van der Waals surface area contributed by atoms with Gasteiger partial charge in [-0.3, -0.25) is 0 Å². The quantitative estimate of drug-likeness (QED) is 0.757. The predicted octanol–water partition coefficient (Wildman–Crippen LogP) is 2.97. The SMILES string of the molecule is CCOC(=O)c1ccc(Cl)c(CCC#N)c1. The molecule has 0 radical (unpaired) electrons. The highest BCUT2D eigenvalue weighted by atomic mass is 35.5. The van der Waals surface area contributed by atoms with Crippen LogP contribution >= 0.6 is 11.6 Å². The summed E-state index contributed by atoms with van der Waals surface area (Å²) in [7, 11) is 0. The summed E-state index contributed by atoms with van der Waals surface area (Å²) in [4.78, 5) is 11.5. The van der Waals surface area contributed by atoms with Crippen molar-refractivity contribution in [3.8, 4) is 6.07 Å². The van der Waals surface area contributed by atoms with E-state index in [1.807, 2.05) is 6.07 Å². The minimum Gasteiger partial charge on any atom is -0.462 e. The van der Waals surface area contributed by atoms with Crippen LogP contribution in [-0.4, -0.2) is 12.6 Å². The first-order valence-corrected chi connectivity index (χ1v) is 5.39. The summed E-state index contributed by atoms with van der Waals surface area (Å²) in [6.07, 6.45) is 0.925. The number of aryl methyl sites for hydroxylation is 1. The van der Waals surface area contributed by atoms with Crippen LogP contribution in [0, 0.1) is 11.3 Å². The molecule has 0 saturated heterocycles. The largest absolute Gasteiger partial charge is 0.462 e. The van der Waals surface area contributed by atoms with Gasteiger partial charge in [-0.25, -0.2) is 4.79 Å². The van der Waals surface area contributed by atoms with Crippen LogP contribution in [-0.2, 0) is 11.2 Å². The van der Waals surface area contributed by atoms with E-state index >= 15 is 0 Å². The van der Waals surface area contributed by atoms with E-state index in [2.05, 4.69) is 0 Å². The average molecular weight is 238 g/mol. The Bertz CT molecular complexity index is 424. The summed E-state index contributed by atoms with van der Waals surface area (Å²) < 4.78 is 4.88. The fraction of sp³-hybridized carbons (Fsp3) is 0.333. The van der Waals surface area contributed by atoms with Crippen molar-refractivity contribution in [2.45, 2.75) is 19.8 Å². The molecule has 1 aromatic carbocycles. The van der Waals surface area contributed by atoms with Gasteiger partial charge < -0.3 is 4.74 Å². The van der Waals surface area contributed by atoms with Gasteiger partial charge in [0, 0.05) is 11.4 Å². The first-order chi connectivity index (χ1) is 7.69. The van der Waals surface area contributed by atoms with Crippen LogP contribution in [0.4, 0.5) is 0 Å². The maximum Gasteiger partial charge on any atom is 0.338 e. The van der Waals surface area contributed by atoms with Crippen molar-refractivity contribution in [3.05, 3.63) is 34.3 Å². The monoisotopic (exact) mass is 237 g/mol. The molecule has 0 aliphatic heterocycles. The second-order valence-corrected chi connectivity index (χ2v) is 3.59. The van der Waals surface area contributed by atoms with Crippen LogP contribution in [0.25, 0.3) is 0 Å². The molecule has 0 N–H and O–H groups in total. The van der Waals surface area contributed by atoms with Crippen LogP contribution in [0.3, 0.4) is 0 Å². The Morgan fingerprint density at radius 1 is 1.56 bits per heavy atom. The molecular formula is C12H12ClNO2. The fourth-order valence-electron chi connectivity index (χ4n) is 1.30. The Kier molecular flexibility index (Phi) is 4.81. The van der Waals surface area contributed by atoms with Crippen molar-refractivity contribution in [3.63, 3.8) is 0 Å². The second-order valence-electron chi connectivity index (χ2n) is 3.18. The molecule has 0 spiro atoms. The number of ether oxygens (including phenoxy) is 1. The molecule has 0 fully saturated rings. The molecule has 0 saturated carbocycles. The Hall–Kier alpha value is -1.53. The van der Waals surface area contributed by atoms with Crippen molar-refractivity contribution in [2.24, 2.45) is 0 Å². The maximum atomic E-state index is 11.5. The topological polar surface area (TPSA) is 50.1 Å². The number of nitriles is 1. The van der Waals surface area contributed by atoms with Crippen molar-refractivity contribution >= 4 is 17.6 Å². The standard InChI is InChI=1S/C12H12ClNO2/c1-2-16-12(15)10-5-6-11(13)9(8-10)4-3-7-14/h5-6,8H,2-4H2,1H3. The molecule has 84 valence electrons. The molecule has 0 aliphatic carbocycles. The van der Waals surface area contributed by atoms with Gasteiger partial charge in [0.2, 0.25) is 0 Å². The molecule has 4 heteroatoms. The highest BCUT2D eigenvalue weighted by Crippen LogP contribution is 2.19. The van der Waals surface area contributed by atoms with Gasteiger partial charge in [0.1, 0.15) is 0 Å². The number of rotatable bonds is 4. The van der Waals surface area contributed by atoms with Crippen molar-refractivity contribution < 1.29 is 9.53 Å². The molecule has 3 nitrogen and oxygen atoms in total. The number of halogens is 1. The molecule has 16 heavy (non-hydrogen) atoms. The van der Waals surface area contributed by atoms with Crippen LogP contribution in [0.5, 0.6) is 0 Å². The van der Waals surface area contributed by atoms with Crippen molar-refractivity contribution in [2.75, 3.05) is 6.61 Å². The van der Waals surface area contributed by atoms with Crippen molar-refractivity contribution in [1.82, 2.24) is 0 Å². The third-order valence-electron chi connectivity index (χ3n) is 2.06. The Labute approximate surface area is 99.6 Å². The van der Waals surface area contributed by atoms with E-state index in [1.165, 1.54) is 0 Å². The summed E-state index contributed by atoms with van der Waals surface area (Å²) in [5, 5.41) is 9.07. The Morgan fingerprint density at radius 2 is 2.31 bits per heavy atom. The number of benzene rings is 1. The second kappa shape index (κ2) is 6.14. The molecular weight excluding hydrogens is 226 g/mol. The third kappa shape index (κ3) is 3.25. The predicted molar refractivity (Wildman–Crippen MR) is 61.3 cm³/mol. The number of hydrogen-bond donors (Lipinski definition) is 0. The lowest BCUT2D eigenvalue weighted by Crippen LogP contribution is -2.05. The summed E-state index contributed by atoms with van der Waals surface area (Å²) >= 11 is 5.95. The van der Waals surface area contributed by atoms with Crippen LogP contribution in [0.2, 0.25) is 5.02 Å². The molecule has 0 heterocycles. The van der Waals surface area contributed by atoms with E-state index in [1.54, 1.807) is 25.1 Å². The van der Waals surface area contributed by atoms with Gasteiger partial charge in [-0.1, -0.05) is 11.6 Å². The number of nitrogens with zero attached hydrogens (tertiary/aromatic N) is 1. The smallest absolute Gasteiger partial charge is 0.338 e. The van der Waals surface area contributed by atoms with Gasteiger partial charge in [-0.15, -0.1) is 0 Å². The first kappa shape index (κ1) is 12.5. The molecule has 1 aromatic rings. The van der Waals surface area contributed by atoms with E-state index in [0.717, 1.165) is 5.56 Å². The fourth-order valence-corrected chi connectivity index (χ4v) is 1.51. The molecule has 0 amide bonds. The number of carbonyl (C=O) groups excluding carboxylic acids is 1. The lowest BCUT2D eigenvalue weighted by molar-refractivity contribution is 0.0526. The minimum absolute atomic E-state index is 0.342. The van der Waals surface area contributed by atoms with Gasteiger partial charge in [0.25, 0.3) is 0 Å². The Balaban J connectivity index is 2.89. The number of esters is 1. The summed E-state index contributed by atoms with van der Waals surface area (Å²) in [5.74, 6) is -0.364. The van der Waals surface area contributed by atoms with Crippen molar-refractivity contribution in [1.29, 1.82) is 5.26 Å². The molecule has 0 aliphatic rings. The lowest BCUT2D eigenvalue weighted by atomic mass is 10.1. The zero-order chi connectivity index (χ0) is 12.0. The van der Waals surface area contributed by atoms with E-state index in [9.17, 15) is 4.79 Å². The number of hydrogen-bond acceptors (Lipinski definition) is 3. The van der Waals surface area contributed by atoms with Gasteiger partial charge in [0.15, 0.2) is 0 Å². The maximum absolute atomic E-state index is 11.5. The molecule has 0 bridgehead atoms. The van der Waals surface area contributed by atoms with Crippen LogP contribution in [0.15, 0.2) is 18.2 Å². The molecule has 0 aromatic heterocycles. The molecule has 0 unspecified atom stereocenters. The van der Waals surface area contributed by atoms with Crippen LogP contribution < -0.4 is 0 Å². The third-order valence-corrected chi connectivity index (χ3v) is 2.43. The molecule has 1 rings (SSSR count). The highest BCUT2D eigenvalue weighted by molar-refractivity contribution is 6.31. The molecule has 0 atom stereocenters. The first-order valence-electron chi connectivity index (χ1n) is 5.01. The lowest BCUT2D eigenvalue weighted by Gasteiger charge is -2.05. The zero-order valence-electron chi connectivity index (χ0n) is 9.00. The van der Waals surface area contributed by atoms with Gasteiger partial charge >= 0.3 is 5.97 Å². The minimum atomic E-state index is -0.364. The summed E-state index contributed by atoms with van der Waals surface area (Å²) in [5.41, 5.74) is 1.27. The average Bonchev–Trinajstić information content (AvgIpc) is 2.28. The van der Waals surface area contributed by atoms with Gasteiger partial charge in [0.05, 0.1) is 18.2 Å². The number of carbonyl (C=O) groups is 1. The van der Waals surface area contributed by atoms with Gasteiger partial charge in [-0.2, -0.15) is 5.26 Å². The van der Waals surface area contributed by atoms with E-state index in [4.69, 9.17) is 21.6 Å². The Morgan fingerprint density at radius 3 is 2.94 bits per heavy atom. The normalized spacial score (nSPS) is 9.56. The van der Waals surface area contributed by atoms with E-state index in [-0.39, 0.29) is 5.97 Å². The van der Waals surface area contributed by atoms with Gasteiger partial charge in [-0.05, 0) is 37.1 Å². The van der Waals surface area contributed by atoms with E-state index in [0.29, 0.717) is 30.0 Å². The summed E-state index contributed by atoms with van der Waals surface area (Å²) in [6, 6.07) is 7.00. The zero-order valence-corrected chi connectivity index (χ0v) is 9.75. The summed E-state index contributed by atoms with van der Waals surface area (Å²) in [6.45, 7) is 2.10. The highest BCUT2D eigenvalue weighted by Gasteiger charge is 2.09. The van der Waals surface area contributed by atoms with E-state index < -0.39 is 0 Å². The van der Waals surface area contributed by atoms with Crippen LogP contribution in [0.1, 0.15) is 29.3 Å².